The third kappa shape index (κ3) is 5.55. The highest BCUT2D eigenvalue weighted by atomic mass is 35.5. The number of carbonyl (C=O) groups is 1. The van der Waals surface area contributed by atoms with Gasteiger partial charge in [-0.25, -0.2) is 8.42 Å². The summed E-state index contributed by atoms with van der Waals surface area (Å²) in [5.74, 6) is 0.884. The molecule has 0 bridgehead atoms. The Labute approximate surface area is 211 Å². The number of piperazine rings is 1. The minimum atomic E-state index is -3.71. The van der Waals surface area contributed by atoms with E-state index >= 15 is 0 Å². The summed E-state index contributed by atoms with van der Waals surface area (Å²) in [5.41, 5.74) is 2.39. The van der Waals surface area contributed by atoms with E-state index in [1.54, 1.807) is 43.5 Å². The molecule has 0 N–H and O–H groups in total. The van der Waals surface area contributed by atoms with Gasteiger partial charge in [-0.1, -0.05) is 35.9 Å². The summed E-state index contributed by atoms with van der Waals surface area (Å²) < 4.78 is 32.5. The van der Waals surface area contributed by atoms with Crippen molar-refractivity contribution in [3.8, 4) is 5.75 Å². The zero-order chi connectivity index (χ0) is 25.0. The quantitative estimate of drug-likeness (QED) is 0.476. The average Bonchev–Trinajstić information content (AvgIpc) is 2.89. The van der Waals surface area contributed by atoms with E-state index in [-0.39, 0.29) is 17.2 Å². The second-order valence-electron chi connectivity index (χ2n) is 8.31. The number of sulfonamides is 1. The van der Waals surface area contributed by atoms with E-state index in [0.29, 0.717) is 23.8 Å². The Kier molecular flexibility index (Phi) is 7.52. The van der Waals surface area contributed by atoms with Crippen molar-refractivity contribution in [2.45, 2.75) is 11.3 Å². The van der Waals surface area contributed by atoms with Crippen LogP contribution in [0.5, 0.6) is 5.75 Å². The first-order chi connectivity index (χ1) is 16.8. The fraction of sp³-hybridized carbons (Fsp3) is 0.269. The van der Waals surface area contributed by atoms with Crippen LogP contribution in [0.4, 0.5) is 11.4 Å². The number of benzene rings is 3. The molecule has 7 nitrogen and oxygen atoms in total. The molecule has 1 saturated heterocycles. The largest absolute Gasteiger partial charge is 0.495 e. The highest BCUT2D eigenvalue weighted by Crippen LogP contribution is 2.28. The van der Waals surface area contributed by atoms with Crippen LogP contribution in [-0.2, 0) is 21.2 Å². The van der Waals surface area contributed by atoms with Gasteiger partial charge in [0.25, 0.3) is 10.0 Å². The van der Waals surface area contributed by atoms with Crippen LogP contribution in [0.1, 0.15) is 5.56 Å². The van der Waals surface area contributed by atoms with Gasteiger partial charge in [-0.05, 0) is 54.1 Å². The molecule has 0 saturated carbocycles. The fourth-order valence-electron chi connectivity index (χ4n) is 4.10. The van der Waals surface area contributed by atoms with E-state index in [0.717, 1.165) is 30.1 Å². The van der Waals surface area contributed by atoms with Crippen LogP contribution in [0.15, 0.2) is 77.7 Å². The summed E-state index contributed by atoms with van der Waals surface area (Å²) in [5, 5.41) is 0.474. The maximum atomic E-state index is 12.9. The van der Waals surface area contributed by atoms with Crippen LogP contribution in [0, 0.1) is 0 Å². The lowest BCUT2D eigenvalue weighted by molar-refractivity contribution is -0.130. The van der Waals surface area contributed by atoms with Crippen molar-refractivity contribution in [3.63, 3.8) is 0 Å². The molecule has 0 spiro atoms. The number of methoxy groups -OCH3 is 1. The molecule has 9 heteroatoms. The molecule has 3 aromatic rings. The summed E-state index contributed by atoms with van der Waals surface area (Å²) in [7, 11) is -0.542. The fourth-order valence-corrected chi connectivity index (χ4v) is 5.42. The number of para-hydroxylation sites is 2. The van der Waals surface area contributed by atoms with Crippen LogP contribution in [0.25, 0.3) is 0 Å². The van der Waals surface area contributed by atoms with Gasteiger partial charge in [0.15, 0.2) is 0 Å². The summed E-state index contributed by atoms with van der Waals surface area (Å²) >= 11 is 5.87. The van der Waals surface area contributed by atoms with Gasteiger partial charge < -0.3 is 14.5 Å². The van der Waals surface area contributed by atoms with Crippen LogP contribution >= 0.6 is 11.6 Å². The Morgan fingerprint density at radius 2 is 1.57 bits per heavy atom. The standard InChI is InChI=1S/C26H28ClN3O4S/c1-28(35(32,33)23-13-9-21(27)10-14-23)22-11-7-20(8-12-22)19-26(31)30-17-15-29(16-18-30)24-5-3-4-6-25(24)34-2/h3-14H,15-19H2,1-2H3. The Hall–Kier alpha value is -3.23. The van der Waals surface area contributed by atoms with Gasteiger partial charge in [-0.3, -0.25) is 9.10 Å². The van der Waals surface area contributed by atoms with E-state index in [1.165, 1.54) is 23.5 Å². The zero-order valence-electron chi connectivity index (χ0n) is 19.7. The van der Waals surface area contributed by atoms with E-state index < -0.39 is 10.0 Å². The SMILES string of the molecule is COc1ccccc1N1CCN(C(=O)Cc2ccc(N(C)S(=O)(=O)c3ccc(Cl)cc3)cc2)CC1. The number of hydrogen-bond donors (Lipinski definition) is 0. The van der Waals surface area contributed by atoms with Crippen molar-refractivity contribution in [1.82, 2.24) is 4.90 Å². The van der Waals surface area contributed by atoms with Gasteiger partial charge >= 0.3 is 0 Å². The molecule has 1 amide bonds. The number of anilines is 2. The van der Waals surface area contributed by atoms with Crippen molar-refractivity contribution in [2.24, 2.45) is 0 Å². The number of amides is 1. The van der Waals surface area contributed by atoms with Gasteiger partial charge in [-0.15, -0.1) is 0 Å². The third-order valence-corrected chi connectivity index (χ3v) is 8.24. The summed E-state index contributed by atoms with van der Waals surface area (Å²) in [4.78, 5) is 17.2. The number of halogens is 1. The zero-order valence-corrected chi connectivity index (χ0v) is 21.3. The minimum Gasteiger partial charge on any atom is -0.495 e. The predicted molar refractivity (Wildman–Crippen MR) is 139 cm³/mol. The molecule has 1 fully saturated rings. The highest BCUT2D eigenvalue weighted by Gasteiger charge is 2.24. The first kappa shape index (κ1) is 24.9. The predicted octanol–water partition coefficient (Wildman–Crippen LogP) is 4.07. The van der Waals surface area contributed by atoms with Gasteiger partial charge in [0, 0.05) is 38.2 Å². The first-order valence-electron chi connectivity index (χ1n) is 11.3. The number of rotatable bonds is 7. The van der Waals surface area contributed by atoms with Crippen LogP contribution in [-0.4, -0.2) is 59.6 Å². The average molecular weight is 514 g/mol. The number of ether oxygens (including phenoxy) is 1. The molecular weight excluding hydrogens is 486 g/mol. The van der Waals surface area contributed by atoms with Gasteiger partial charge in [0.2, 0.25) is 5.91 Å². The van der Waals surface area contributed by atoms with E-state index in [2.05, 4.69) is 4.90 Å². The van der Waals surface area contributed by atoms with Crippen LogP contribution in [0.2, 0.25) is 5.02 Å². The molecule has 1 aliphatic heterocycles. The lowest BCUT2D eigenvalue weighted by atomic mass is 10.1. The number of carbonyl (C=O) groups excluding carboxylic acids is 1. The first-order valence-corrected chi connectivity index (χ1v) is 13.1. The second kappa shape index (κ2) is 10.6. The molecule has 4 rings (SSSR count). The van der Waals surface area contributed by atoms with Crippen LogP contribution in [0.3, 0.4) is 0 Å². The smallest absolute Gasteiger partial charge is 0.264 e. The minimum absolute atomic E-state index is 0.0552. The second-order valence-corrected chi connectivity index (χ2v) is 10.7. The highest BCUT2D eigenvalue weighted by molar-refractivity contribution is 7.92. The van der Waals surface area contributed by atoms with Crippen molar-refractivity contribution in [2.75, 3.05) is 49.5 Å². The molecule has 184 valence electrons. The molecule has 0 aliphatic carbocycles. The monoisotopic (exact) mass is 513 g/mol. The van der Waals surface area contributed by atoms with Crippen molar-refractivity contribution < 1.29 is 17.9 Å². The maximum absolute atomic E-state index is 12.9. The Bertz CT molecular complexity index is 1270. The maximum Gasteiger partial charge on any atom is 0.264 e. The Morgan fingerprint density at radius 3 is 2.20 bits per heavy atom. The van der Waals surface area contributed by atoms with Crippen LogP contribution < -0.4 is 13.9 Å². The summed E-state index contributed by atoms with van der Waals surface area (Å²) in [6.07, 6.45) is 0.266. The molecule has 0 radical (unpaired) electrons. The topological polar surface area (TPSA) is 70.2 Å². The molecular formula is C26H28ClN3O4S. The summed E-state index contributed by atoms with van der Waals surface area (Å²) in [6.45, 7) is 2.74. The van der Waals surface area contributed by atoms with Crippen molar-refractivity contribution in [1.29, 1.82) is 0 Å². The molecule has 1 aliphatic rings. The van der Waals surface area contributed by atoms with Crippen molar-refractivity contribution >= 4 is 38.9 Å². The van der Waals surface area contributed by atoms with Gasteiger partial charge in [0.05, 0.1) is 29.8 Å². The number of hydrogen-bond acceptors (Lipinski definition) is 5. The van der Waals surface area contributed by atoms with E-state index in [1.807, 2.05) is 29.2 Å². The molecule has 35 heavy (non-hydrogen) atoms. The molecule has 0 aromatic heterocycles. The van der Waals surface area contributed by atoms with Crippen molar-refractivity contribution in [3.05, 3.63) is 83.4 Å². The number of nitrogens with zero attached hydrogens (tertiary/aromatic N) is 3. The Morgan fingerprint density at radius 1 is 0.943 bits per heavy atom. The Balaban J connectivity index is 1.36. The lowest BCUT2D eigenvalue weighted by Crippen LogP contribution is -2.49. The van der Waals surface area contributed by atoms with E-state index in [9.17, 15) is 13.2 Å². The molecule has 1 heterocycles. The normalized spacial score (nSPS) is 14.0. The van der Waals surface area contributed by atoms with Gasteiger partial charge in [-0.2, -0.15) is 0 Å². The molecule has 0 unspecified atom stereocenters. The van der Waals surface area contributed by atoms with E-state index in [4.69, 9.17) is 16.3 Å². The molecule has 3 aromatic carbocycles. The lowest BCUT2D eigenvalue weighted by Gasteiger charge is -2.36. The van der Waals surface area contributed by atoms with Gasteiger partial charge in [0.1, 0.15) is 5.75 Å². The summed E-state index contributed by atoms with van der Waals surface area (Å²) in [6, 6.07) is 21.0. The molecule has 0 atom stereocenters. The third-order valence-electron chi connectivity index (χ3n) is 6.19.